The van der Waals surface area contributed by atoms with Gasteiger partial charge in [0.15, 0.2) is 9.84 Å². The first-order valence-corrected chi connectivity index (χ1v) is 7.75. The predicted molar refractivity (Wildman–Crippen MR) is 65.6 cm³/mol. The van der Waals surface area contributed by atoms with Gasteiger partial charge in [-0.05, 0) is 6.42 Å². The van der Waals surface area contributed by atoms with Gasteiger partial charge in [-0.3, -0.25) is 9.59 Å². The summed E-state index contributed by atoms with van der Waals surface area (Å²) in [6.45, 7) is 1.25. The number of amides is 2. The zero-order valence-corrected chi connectivity index (χ0v) is 10.9. The minimum absolute atomic E-state index is 0.0497. The largest absolute Gasteiger partial charge is 0.332 e. The molecular weight excluding hydrogens is 256 g/mol. The van der Waals surface area contributed by atoms with E-state index in [1.54, 1.807) is 0 Å². The van der Waals surface area contributed by atoms with Gasteiger partial charge < -0.3 is 9.80 Å². The summed E-state index contributed by atoms with van der Waals surface area (Å²) in [4.78, 5) is 26.7. The van der Waals surface area contributed by atoms with Crippen LogP contribution in [0.15, 0.2) is 12.2 Å². The first-order valence-electron chi connectivity index (χ1n) is 5.93. The Kier molecular flexibility index (Phi) is 3.70. The maximum absolute atomic E-state index is 11.9. The molecule has 0 bridgehead atoms. The molecule has 0 N–H and O–H groups in total. The Balaban J connectivity index is 1.95. The molecule has 2 rings (SSSR count). The highest BCUT2D eigenvalue weighted by Gasteiger charge is 2.31. The zero-order chi connectivity index (χ0) is 13.2. The van der Waals surface area contributed by atoms with Gasteiger partial charge in [0, 0.05) is 26.2 Å². The van der Waals surface area contributed by atoms with E-state index in [0.29, 0.717) is 13.1 Å². The van der Waals surface area contributed by atoms with Crippen LogP contribution in [-0.2, 0) is 19.4 Å². The Bertz CT molecular complexity index is 469. The van der Waals surface area contributed by atoms with Crippen LogP contribution in [0.2, 0.25) is 0 Å². The molecule has 0 spiro atoms. The number of hydrogen-bond donors (Lipinski definition) is 0. The second kappa shape index (κ2) is 5.09. The van der Waals surface area contributed by atoms with Crippen molar-refractivity contribution in [3.63, 3.8) is 0 Å². The fourth-order valence-corrected chi connectivity index (χ4v) is 3.21. The average Bonchev–Trinajstić information content (AvgIpc) is 2.38. The standard InChI is InChI=1S/C11H16N2O4S/c14-10(12-4-2-1-3-5-12)11(15)13-6-8-18(16,17)9-7-13/h1-2H,3-9H2. The quantitative estimate of drug-likeness (QED) is 0.420. The van der Waals surface area contributed by atoms with Crippen molar-refractivity contribution in [3.05, 3.63) is 12.2 Å². The van der Waals surface area contributed by atoms with Crippen molar-refractivity contribution in [2.24, 2.45) is 0 Å². The molecule has 2 aliphatic heterocycles. The molecule has 7 heteroatoms. The molecule has 0 saturated carbocycles. The van der Waals surface area contributed by atoms with Crippen LogP contribution in [0.25, 0.3) is 0 Å². The minimum atomic E-state index is -3.03. The summed E-state index contributed by atoms with van der Waals surface area (Å²) in [5, 5.41) is 0. The normalized spacial score (nSPS) is 22.9. The van der Waals surface area contributed by atoms with Gasteiger partial charge in [-0.1, -0.05) is 12.2 Å². The van der Waals surface area contributed by atoms with Crippen molar-refractivity contribution in [3.8, 4) is 0 Å². The summed E-state index contributed by atoms with van der Waals surface area (Å²) < 4.78 is 22.5. The first kappa shape index (κ1) is 13.1. The molecule has 2 amide bonds. The summed E-state index contributed by atoms with van der Waals surface area (Å²) in [5.74, 6) is -1.21. The number of carbonyl (C=O) groups excluding carboxylic acids is 2. The van der Waals surface area contributed by atoms with Crippen molar-refractivity contribution in [2.45, 2.75) is 6.42 Å². The summed E-state index contributed by atoms with van der Waals surface area (Å²) in [6.07, 6.45) is 4.59. The Hall–Kier alpha value is -1.37. The van der Waals surface area contributed by atoms with Crippen molar-refractivity contribution in [2.75, 3.05) is 37.7 Å². The van der Waals surface area contributed by atoms with E-state index in [9.17, 15) is 18.0 Å². The third kappa shape index (κ3) is 2.90. The van der Waals surface area contributed by atoms with Crippen molar-refractivity contribution in [1.29, 1.82) is 0 Å². The van der Waals surface area contributed by atoms with Gasteiger partial charge in [0.25, 0.3) is 0 Å². The van der Waals surface area contributed by atoms with Crippen molar-refractivity contribution in [1.82, 2.24) is 9.80 Å². The highest BCUT2D eigenvalue weighted by Crippen LogP contribution is 2.07. The van der Waals surface area contributed by atoms with Crippen LogP contribution in [0.4, 0.5) is 0 Å². The SMILES string of the molecule is O=C(C(=O)N1CCS(=O)(=O)CC1)N1CC=CCC1. The molecule has 0 atom stereocenters. The second-order valence-electron chi connectivity index (χ2n) is 4.46. The van der Waals surface area contributed by atoms with Gasteiger partial charge >= 0.3 is 11.8 Å². The predicted octanol–water partition coefficient (Wildman–Crippen LogP) is -0.968. The third-order valence-electron chi connectivity index (χ3n) is 3.16. The minimum Gasteiger partial charge on any atom is -0.332 e. The van der Waals surface area contributed by atoms with E-state index in [-0.39, 0.29) is 24.6 Å². The average molecular weight is 272 g/mol. The molecule has 18 heavy (non-hydrogen) atoms. The molecule has 0 aromatic rings. The zero-order valence-electron chi connectivity index (χ0n) is 10.0. The molecule has 2 heterocycles. The van der Waals surface area contributed by atoms with Gasteiger partial charge in [-0.2, -0.15) is 0 Å². The van der Waals surface area contributed by atoms with Crippen LogP contribution in [0.1, 0.15) is 6.42 Å². The smallest absolute Gasteiger partial charge is 0.312 e. The van der Waals surface area contributed by atoms with Gasteiger partial charge in [0.05, 0.1) is 11.5 Å². The molecule has 0 unspecified atom stereocenters. The van der Waals surface area contributed by atoms with Crippen LogP contribution in [0.3, 0.4) is 0 Å². The molecule has 0 aliphatic carbocycles. The highest BCUT2D eigenvalue weighted by molar-refractivity contribution is 7.91. The van der Waals surface area contributed by atoms with Crippen LogP contribution in [-0.4, -0.2) is 67.7 Å². The lowest BCUT2D eigenvalue weighted by molar-refractivity contribution is -0.151. The Labute approximate surface area is 106 Å². The summed E-state index contributed by atoms with van der Waals surface area (Å²) in [6, 6.07) is 0. The molecule has 1 saturated heterocycles. The number of nitrogens with zero attached hydrogens (tertiary/aromatic N) is 2. The number of rotatable bonds is 0. The van der Waals surface area contributed by atoms with Gasteiger partial charge in [0.1, 0.15) is 0 Å². The number of carbonyl (C=O) groups is 2. The van der Waals surface area contributed by atoms with E-state index in [2.05, 4.69) is 0 Å². The van der Waals surface area contributed by atoms with Crippen LogP contribution in [0.5, 0.6) is 0 Å². The summed E-state index contributed by atoms with van der Waals surface area (Å²) in [5.41, 5.74) is 0. The Morgan fingerprint density at radius 1 is 0.889 bits per heavy atom. The van der Waals surface area contributed by atoms with E-state index < -0.39 is 21.7 Å². The van der Waals surface area contributed by atoms with Crippen LogP contribution >= 0.6 is 0 Å². The second-order valence-corrected chi connectivity index (χ2v) is 6.76. The summed E-state index contributed by atoms with van der Waals surface area (Å²) in [7, 11) is -3.03. The first-order chi connectivity index (χ1) is 8.49. The van der Waals surface area contributed by atoms with E-state index in [0.717, 1.165) is 6.42 Å². The maximum Gasteiger partial charge on any atom is 0.312 e. The monoisotopic (exact) mass is 272 g/mol. The van der Waals surface area contributed by atoms with E-state index in [4.69, 9.17) is 0 Å². The molecular formula is C11H16N2O4S. The summed E-state index contributed by atoms with van der Waals surface area (Å²) >= 11 is 0. The molecule has 2 aliphatic rings. The Morgan fingerprint density at radius 3 is 2.06 bits per heavy atom. The molecule has 1 fully saturated rings. The fourth-order valence-electron chi connectivity index (χ4n) is 2.01. The Morgan fingerprint density at radius 2 is 1.50 bits per heavy atom. The van der Waals surface area contributed by atoms with Crippen LogP contribution in [0, 0.1) is 0 Å². The van der Waals surface area contributed by atoms with E-state index in [1.165, 1.54) is 9.80 Å². The van der Waals surface area contributed by atoms with E-state index >= 15 is 0 Å². The van der Waals surface area contributed by atoms with Crippen molar-refractivity contribution < 1.29 is 18.0 Å². The highest BCUT2D eigenvalue weighted by atomic mass is 32.2. The third-order valence-corrected chi connectivity index (χ3v) is 4.77. The van der Waals surface area contributed by atoms with E-state index in [1.807, 2.05) is 12.2 Å². The number of sulfone groups is 1. The van der Waals surface area contributed by atoms with Gasteiger partial charge in [-0.15, -0.1) is 0 Å². The molecule has 0 radical (unpaired) electrons. The van der Waals surface area contributed by atoms with Crippen LogP contribution < -0.4 is 0 Å². The lowest BCUT2D eigenvalue weighted by Crippen LogP contribution is -2.51. The lowest BCUT2D eigenvalue weighted by Gasteiger charge is -2.29. The van der Waals surface area contributed by atoms with Gasteiger partial charge in [0.2, 0.25) is 0 Å². The maximum atomic E-state index is 11.9. The topological polar surface area (TPSA) is 74.8 Å². The molecule has 6 nitrogen and oxygen atoms in total. The van der Waals surface area contributed by atoms with Gasteiger partial charge in [-0.25, -0.2) is 8.42 Å². The molecule has 0 aromatic carbocycles. The molecule has 100 valence electrons. The number of hydrogen-bond acceptors (Lipinski definition) is 4. The fraction of sp³-hybridized carbons (Fsp3) is 0.636. The molecule has 0 aromatic heterocycles. The van der Waals surface area contributed by atoms with Crippen molar-refractivity contribution >= 4 is 21.7 Å². The lowest BCUT2D eigenvalue weighted by atomic mass is 10.2.